The van der Waals surface area contributed by atoms with Crippen molar-refractivity contribution < 1.29 is 0 Å². The summed E-state index contributed by atoms with van der Waals surface area (Å²) in [5.41, 5.74) is 2.78. The Labute approximate surface area is 160 Å². The first-order valence-corrected chi connectivity index (χ1v) is 8.93. The first kappa shape index (κ1) is 16.5. The van der Waals surface area contributed by atoms with Gasteiger partial charge >= 0.3 is 0 Å². The molecule has 0 aromatic carbocycles. The molecule has 0 bridgehead atoms. The molecule has 143 valence electrons. The highest BCUT2D eigenvalue weighted by molar-refractivity contribution is 6.08. The van der Waals surface area contributed by atoms with Crippen molar-refractivity contribution in [1.29, 1.82) is 0 Å². The Morgan fingerprint density at radius 3 is 2.71 bits per heavy atom. The number of guanidine groups is 1. The lowest BCUT2D eigenvalue weighted by Gasteiger charge is -2.08. The molecule has 2 N–H and O–H groups in total. The van der Waals surface area contributed by atoms with Gasteiger partial charge in [-0.25, -0.2) is 4.57 Å². The second kappa shape index (κ2) is 6.18. The topological polar surface area (TPSA) is 129 Å². The van der Waals surface area contributed by atoms with Crippen molar-refractivity contribution in [2.75, 3.05) is 10.6 Å². The summed E-state index contributed by atoms with van der Waals surface area (Å²) in [7, 11) is 3.75. The number of aromatic nitrogens is 7. The Bertz CT molecular complexity index is 1090. The molecule has 3 aromatic rings. The Balaban J connectivity index is 1.28. The van der Waals surface area contributed by atoms with Crippen molar-refractivity contribution in [3.8, 4) is 0 Å². The molecular weight excluding hydrogens is 360 g/mol. The molecule has 2 aliphatic rings. The second-order valence-corrected chi connectivity index (χ2v) is 6.86. The van der Waals surface area contributed by atoms with E-state index in [1.807, 2.05) is 33.3 Å². The molecule has 28 heavy (non-hydrogen) atoms. The Hall–Kier alpha value is -3.70. The summed E-state index contributed by atoms with van der Waals surface area (Å²) >= 11 is 0. The average molecular weight is 379 g/mol. The van der Waals surface area contributed by atoms with Crippen LogP contribution in [0.1, 0.15) is 30.1 Å². The Morgan fingerprint density at radius 1 is 1.11 bits per heavy atom. The van der Waals surface area contributed by atoms with Gasteiger partial charge in [0.15, 0.2) is 0 Å². The predicted octanol–water partition coefficient (Wildman–Crippen LogP) is 0.880. The fourth-order valence-corrected chi connectivity index (χ4v) is 3.00. The van der Waals surface area contributed by atoms with Crippen molar-refractivity contribution in [2.24, 2.45) is 24.3 Å². The highest BCUT2D eigenvalue weighted by atomic mass is 15.5. The van der Waals surface area contributed by atoms with Gasteiger partial charge in [-0.1, -0.05) is 0 Å². The van der Waals surface area contributed by atoms with Crippen LogP contribution in [-0.4, -0.2) is 46.2 Å². The molecular formula is C16H19N12. The number of nitrogens with zero attached hydrogens (tertiary/aromatic N) is 10. The monoisotopic (exact) mass is 379 g/mol. The number of aryl methyl sites for hydroxylation is 3. The van der Waals surface area contributed by atoms with E-state index in [1.165, 1.54) is 19.2 Å². The molecule has 0 spiro atoms. The van der Waals surface area contributed by atoms with Gasteiger partial charge in [-0.05, 0) is 19.8 Å². The third-order valence-electron chi connectivity index (χ3n) is 4.60. The van der Waals surface area contributed by atoms with Gasteiger partial charge in [0, 0.05) is 32.3 Å². The number of rotatable bonds is 4. The molecule has 1 saturated carbocycles. The molecule has 5 rings (SSSR count). The van der Waals surface area contributed by atoms with Crippen molar-refractivity contribution in [3.63, 3.8) is 0 Å². The quantitative estimate of drug-likeness (QED) is 0.692. The fraction of sp³-hybridized carbons (Fsp3) is 0.375. The highest BCUT2D eigenvalue weighted by Gasteiger charge is 2.27. The zero-order valence-electron chi connectivity index (χ0n) is 15.7. The van der Waals surface area contributed by atoms with E-state index in [2.05, 4.69) is 46.5 Å². The number of anilines is 3. The fourth-order valence-electron chi connectivity index (χ4n) is 3.00. The molecule has 4 heterocycles. The largest absolute Gasteiger partial charge is 0.321 e. The van der Waals surface area contributed by atoms with E-state index >= 15 is 0 Å². The van der Waals surface area contributed by atoms with Crippen LogP contribution >= 0.6 is 0 Å². The molecule has 12 heteroatoms. The summed E-state index contributed by atoms with van der Waals surface area (Å²) in [6.07, 6.45) is 5.80. The molecule has 0 unspecified atom stereocenters. The normalized spacial score (nSPS) is 16.0. The van der Waals surface area contributed by atoms with Crippen molar-refractivity contribution in [1.82, 2.24) is 39.6 Å². The predicted molar refractivity (Wildman–Crippen MR) is 102 cm³/mol. The van der Waals surface area contributed by atoms with E-state index in [-0.39, 0.29) is 0 Å². The van der Waals surface area contributed by atoms with Crippen LogP contribution in [0.2, 0.25) is 0 Å². The smallest absolute Gasteiger partial charge is 0.261 e. The van der Waals surface area contributed by atoms with Crippen molar-refractivity contribution in [3.05, 3.63) is 30.0 Å². The second-order valence-electron chi connectivity index (χ2n) is 6.86. The molecule has 1 aliphatic heterocycles. The summed E-state index contributed by atoms with van der Waals surface area (Å²) in [6.45, 7) is 1.91. The summed E-state index contributed by atoms with van der Waals surface area (Å²) < 4.78 is 5.15. The maximum Gasteiger partial charge on any atom is 0.261 e. The molecule has 3 aromatic heterocycles. The minimum absolute atomic E-state index is 0.362. The summed E-state index contributed by atoms with van der Waals surface area (Å²) in [4.78, 5) is 0. The van der Waals surface area contributed by atoms with Gasteiger partial charge in [0.1, 0.15) is 12.1 Å². The van der Waals surface area contributed by atoms with Crippen molar-refractivity contribution in [2.45, 2.75) is 25.7 Å². The van der Waals surface area contributed by atoms with Crippen LogP contribution in [0.25, 0.3) is 0 Å². The van der Waals surface area contributed by atoms with E-state index in [1.54, 1.807) is 13.9 Å². The zero-order chi connectivity index (χ0) is 19.3. The first-order valence-electron chi connectivity index (χ1n) is 8.93. The molecule has 0 saturated heterocycles. The van der Waals surface area contributed by atoms with E-state index in [4.69, 9.17) is 0 Å². The van der Waals surface area contributed by atoms with E-state index in [9.17, 15) is 0 Å². The zero-order valence-corrected chi connectivity index (χ0v) is 15.7. The number of nitrogens with one attached hydrogen (secondary N) is 2. The molecule has 1 aliphatic carbocycles. The lowest BCUT2D eigenvalue weighted by Crippen LogP contribution is -2.30. The lowest BCUT2D eigenvalue weighted by atomic mass is 10.3. The van der Waals surface area contributed by atoms with Crippen LogP contribution in [0.3, 0.4) is 0 Å². The number of hydrogen-bond donors (Lipinski definition) is 2. The third kappa shape index (κ3) is 2.98. The van der Waals surface area contributed by atoms with E-state index in [0.29, 0.717) is 23.8 Å². The number of hydrogen-bond acceptors (Lipinski definition) is 8. The Morgan fingerprint density at radius 2 is 1.96 bits per heavy atom. The van der Waals surface area contributed by atoms with Crippen LogP contribution in [0.15, 0.2) is 28.8 Å². The standard InChI is InChI=1S/C16H19N12/c1-9-12(7-26(2)24-9)18-15-22-17-8-28(15)16-20-14(21-23-16)19-13-6-11(10-4-5-10)25-27(13)3/h6-8,10H,4-5H2,1-3H3,(H,18,22)(H,19,21). The minimum Gasteiger partial charge on any atom is -0.321 e. The molecule has 12 nitrogen and oxygen atoms in total. The summed E-state index contributed by atoms with van der Waals surface area (Å²) in [6, 6.07) is 2.03. The molecule has 0 atom stereocenters. The molecule has 1 radical (unpaired) electrons. The van der Waals surface area contributed by atoms with Gasteiger partial charge in [-0.15, -0.1) is 20.4 Å². The minimum atomic E-state index is 0.362. The average Bonchev–Trinajstić information content (AvgIpc) is 2.94. The maximum absolute atomic E-state index is 4.53. The first-order chi connectivity index (χ1) is 13.6. The summed E-state index contributed by atoms with van der Waals surface area (Å²) in [5, 5.41) is 35.9. The van der Waals surface area contributed by atoms with Crippen LogP contribution < -0.4 is 16.0 Å². The van der Waals surface area contributed by atoms with Gasteiger partial charge in [-0.2, -0.15) is 15.5 Å². The van der Waals surface area contributed by atoms with Gasteiger partial charge in [0.2, 0.25) is 5.95 Å². The van der Waals surface area contributed by atoms with Crippen LogP contribution in [-0.2, 0) is 14.1 Å². The van der Waals surface area contributed by atoms with Crippen LogP contribution in [0.5, 0.6) is 0 Å². The van der Waals surface area contributed by atoms with Crippen molar-refractivity contribution >= 4 is 29.4 Å². The van der Waals surface area contributed by atoms with Crippen LogP contribution in [0, 0.1) is 6.92 Å². The maximum atomic E-state index is 4.53. The van der Waals surface area contributed by atoms with Gasteiger partial charge in [0.05, 0.1) is 17.1 Å². The van der Waals surface area contributed by atoms with Gasteiger partial charge in [0.25, 0.3) is 11.9 Å². The van der Waals surface area contributed by atoms with Gasteiger partial charge < -0.3 is 10.6 Å². The van der Waals surface area contributed by atoms with Gasteiger partial charge in [-0.3, -0.25) is 9.36 Å². The molecule has 0 amide bonds. The summed E-state index contributed by atoms with van der Waals surface area (Å²) in [5.74, 6) is 2.64. The van der Waals surface area contributed by atoms with Crippen LogP contribution in [0.4, 0.5) is 17.5 Å². The Kier molecular flexibility index (Phi) is 3.64. The van der Waals surface area contributed by atoms with E-state index in [0.717, 1.165) is 22.9 Å². The lowest BCUT2D eigenvalue weighted by molar-refractivity contribution is 0.751. The SMILES string of the molecule is Cc1nn(C)cc1Nc1nncn1C1=NN=C(Nc2cc(C3CC3)nn2C)[N]1. The highest BCUT2D eigenvalue weighted by Crippen LogP contribution is 2.39. The molecule has 1 fully saturated rings. The third-order valence-corrected chi connectivity index (χ3v) is 4.60. The van der Waals surface area contributed by atoms with E-state index < -0.39 is 0 Å².